The van der Waals surface area contributed by atoms with Crippen molar-refractivity contribution in [2.75, 3.05) is 33.7 Å². The summed E-state index contributed by atoms with van der Waals surface area (Å²) in [5.74, 6) is 0.0948. The first kappa shape index (κ1) is 17.2. The van der Waals surface area contributed by atoms with Crippen LogP contribution < -0.4 is 5.32 Å². The van der Waals surface area contributed by atoms with E-state index in [1.54, 1.807) is 16.8 Å². The van der Waals surface area contributed by atoms with Crippen LogP contribution >= 0.6 is 12.4 Å². The van der Waals surface area contributed by atoms with Gasteiger partial charge in [-0.25, -0.2) is 0 Å². The summed E-state index contributed by atoms with van der Waals surface area (Å²) >= 11 is 0. The van der Waals surface area contributed by atoms with Gasteiger partial charge >= 0.3 is 0 Å². The third-order valence-corrected chi connectivity index (χ3v) is 3.32. The fourth-order valence-electron chi connectivity index (χ4n) is 2.20. The van der Waals surface area contributed by atoms with Crippen molar-refractivity contribution in [3.63, 3.8) is 0 Å². The highest BCUT2D eigenvalue weighted by Crippen LogP contribution is 2.22. The lowest BCUT2D eigenvalue weighted by molar-refractivity contribution is -0.157. The number of nitrogens with zero attached hydrogens (tertiary/aromatic N) is 2. The topological polar surface area (TPSA) is 52.7 Å². The van der Waals surface area contributed by atoms with Crippen molar-refractivity contribution < 1.29 is 9.59 Å². The number of nitrogens with one attached hydrogen (secondary N) is 1. The molecule has 0 aromatic rings. The Morgan fingerprint density at radius 2 is 2.00 bits per heavy atom. The Morgan fingerprint density at radius 1 is 1.39 bits per heavy atom. The molecule has 6 heteroatoms. The van der Waals surface area contributed by atoms with E-state index in [0.29, 0.717) is 19.5 Å². The molecule has 1 aliphatic heterocycles. The zero-order valence-electron chi connectivity index (χ0n) is 11.7. The molecule has 0 aliphatic carbocycles. The highest BCUT2D eigenvalue weighted by molar-refractivity contribution is 5.91. The molecule has 5 nitrogen and oxygen atoms in total. The van der Waals surface area contributed by atoms with Gasteiger partial charge in [0, 0.05) is 26.6 Å². The molecular formula is C12H24ClN3O2. The van der Waals surface area contributed by atoms with E-state index in [4.69, 9.17) is 0 Å². The van der Waals surface area contributed by atoms with Gasteiger partial charge in [-0.2, -0.15) is 0 Å². The SMILES string of the molecule is CNCCCC(=O)N1CCN(C)C(=O)C1(C)C.Cl. The van der Waals surface area contributed by atoms with E-state index in [0.717, 1.165) is 13.0 Å². The molecule has 1 saturated heterocycles. The molecule has 18 heavy (non-hydrogen) atoms. The molecule has 1 N–H and O–H groups in total. The minimum Gasteiger partial charge on any atom is -0.342 e. The molecule has 0 spiro atoms. The molecule has 1 aliphatic rings. The van der Waals surface area contributed by atoms with Gasteiger partial charge in [0.1, 0.15) is 5.54 Å². The van der Waals surface area contributed by atoms with Crippen molar-refractivity contribution in [3.05, 3.63) is 0 Å². The number of hydrogen-bond donors (Lipinski definition) is 1. The Kier molecular flexibility index (Phi) is 6.63. The Morgan fingerprint density at radius 3 is 2.56 bits per heavy atom. The van der Waals surface area contributed by atoms with Crippen LogP contribution in [-0.2, 0) is 9.59 Å². The van der Waals surface area contributed by atoms with Gasteiger partial charge in [-0.1, -0.05) is 0 Å². The lowest BCUT2D eigenvalue weighted by atomic mass is 9.97. The van der Waals surface area contributed by atoms with Gasteiger partial charge in [0.15, 0.2) is 0 Å². The van der Waals surface area contributed by atoms with Crippen LogP contribution in [0.15, 0.2) is 0 Å². The smallest absolute Gasteiger partial charge is 0.247 e. The largest absolute Gasteiger partial charge is 0.342 e. The maximum atomic E-state index is 12.1. The van der Waals surface area contributed by atoms with E-state index in [1.807, 2.05) is 20.9 Å². The van der Waals surface area contributed by atoms with Crippen molar-refractivity contribution in [2.24, 2.45) is 0 Å². The summed E-state index contributed by atoms with van der Waals surface area (Å²) < 4.78 is 0. The minimum absolute atomic E-state index is 0. The molecule has 0 unspecified atom stereocenters. The highest BCUT2D eigenvalue weighted by Gasteiger charge is 2.42. The lowest BCUT2D eigenvalue weighted by Gasteiger charge is -2.44. The fraction of sp³-hybridized carbons (Fsp3) is 0.833. The fourth-order valence-corrected chi connectivity index (χ4v) is 2.20. The van der Waals surface area contributed by atoms with Crippen molar-refractivity contribution in [1.29, 1.82) is 0 Å². The molecule has 0 radical (unpaired) electrons. The minimum atomic E-state index is -0.705. The van der Waals surface area contributed by atoms with Crippen LogP contribution in [0.2, 0.25) is 0 Å². The van der Waals surface area contributed by atoms with Crippen molar-refractivity contribution >= 4 is 24.2 Å². The lowest BCUT2D eigenvalue weighted by Crippen LogP contribution is -2.63. The molecular weight excluding hydrogens is 254 g/mol. The molecule has 1 heterocycles. The number of piperazine rings is 1. The second-order valence-electron chi connectivity index (χ2n) is 5.04. The van der Waals surface area contributed by atoms with Crippen molar-refractivity contribution in [1.82, 2.24) is 15.1 Å². The first-order valence-electron chi connectivity index (χ1n) is 6.12. The molecule has 0 aromatic carbocycles. The third kappa shape index (κ3) is 3.59. The standard InChI is InChI=1S/C12H23N3O2.ClH/c1-12(2)11(17)14(4)8-9-15(12)10(16)6-5-7-13-3;/h13H,5-9H2,1-4H3;1H. The van der Waals surface area contributed by atoms with Gasteiger partial charge in [-0.3, -0.25) is 9.59 Å². The number of rotatable bonds is 4. The average molecular weight is 278 g/mol. The second-order valence-corrected chi connectivity index (χ2v) is 5.04. The van der Waals surface area contributed by atoms with E-state index in [-0.39, 0.29) is 24.2 Å². The number of likely N-dealkylation sites (N-methyl/N-ethyl adjacent to an activating group) is 1. The summed E-state index contributed by atoms with van der Waals surface area (Å²) in [6.07, 6.45) is 1.31. The van der Waals surface area contributed by atoms with Gasteiger partial charge in [-0.05, 0) is 33.9 Å². The van der Waals surface area contributed by atoms with Crippen LogP contribution in [0, 0.1) is 0 Å². The Bertz CT molecular complexity index is 308. The van der Waals surface area contributed by atoms with E-state index in [1.165, 1.54) is 0 Å². The molecule has 1 fully saturated rings. The van der Waals surface area contributed by atoms with E-state index in [2.05, 4.69) is 5.32 Å². The second kappa shape index (κ2) is 6.95. The highest BCUT2D eigenvalue weighted by atomic mass is 35.5. The molecule has 0 bridgehead atoms. The number of hydrogen-bond acceptors (Lipinski definition) is 3. The number of amides is 2. The van der Waals surface area contributed by atoms with Crippen molar-refractivity contribution in [3.8, 4) is 0 Å². The van der Waals surface area contributed by atoms with Gasteiger partial charge in [0.25, 0.3) is 0 Å². The Hall–Kier alpha value is -0.810. The van der Waals surface area contributed by atoms with Crippen LogP contribution in [0.1, 0.15) is 26.7 Å². The zero-order chi connectivity index (χ0) is 13.1. The number of carbonyl (C=O) groups is 2. The van der Waals surface area contributed by atoms with E-state index < -0.39 is 5.54 Å². The molecule has 1 rings (SSSR count). The van der Waals surface area contributed by atoms with E-state index >= 15 is 0 Å². The van der Waals surface area contributed by atoms with Gasteiger partial charge < -0.3 is 15.1 Å². The maximum Gasteiger partial charge on any atom is 0.247 e. The molecule has 0 aromatic heterocycles. The average Bonchev–Trinajstić information content (AvgIpc) is 2.26. The van der Waals surface area contributed by atoms with Crippen LogP contribution in [0.25, 0.3) is 0 Å². The molecule has 106 valence electrons. The first-order valence-corrected chi connectivity index (χ1v) is 6.12. The van der Waals surface area contributed by atoms with Crippen LogP contribution in [0.5, 0.6) is 0 Å². The summed E-state index contributed by atoms with van der Waals surface area (Å²) in [6, 6.07) is 0. The molecule has 0 atom stereocenters. The summed E-state index contributed by atoms with van der Waals surface area (Å²) in [4.78, 5) is 27.5. The summed E-state index contributed by atoms with van der Waals surface area (Å²) in [5, 5.41) is 3.02. The zero-order valence-corrected chi connectivity index (χ0v) is 12.5. The summed E-state index contributed by atoms with van der Waals surface area (Å²) in [7, 11) is 3.65. The number of carbonyl (C=O) groups excluding carboxylic acids is 2. The third-order valence-electron chi connectivity index (χ3n) is 3.32. The monoisotopic (exact) mass is 277 g/mol. The van der Waals surface area contributed by atoms with Gasteiger partial charge in [-0.15, -0.1) is 12.4 Å². The van der Waals surface area contributed by atoms with Crippen LogP contribution in [-0.4, -0.2) is 60.9 Å². The Balaban J connectivity index is 0.00000289. The number of halogens is 1. The predicted molar refractivity (Wildman–Crippen MR) is 73.8 cm³/mol. The molecule has 2 amide bonds. The normalized spacial score (nSPS) is 18.6. The first-order chi connectivity index (χ1) is 7.91. The summed E-state index contributed by atoms with van der Waals surface area (Å²) in [5.41, 5.74) is -0.705. The predicted octanol–water partition coefficient (Wildman–Crippen LogP) is 0.487. The Labute approximate surface area is 115 Å². The van der Waals surface area contributed by atoms with Crippen LogP contribution in [0.3, 0.4) is 0 Å². The van der Waals surface area contributed by atoms with E-state index in [9.17, 15) is 9.59 Å². The van der Waals surface area contributed by atoms with Crippen LogP contribution in [0.4, 0.5) is 0 Å². The quantitative estimate of drug-likeness (QED) is 0.761. The maximum absolute atomic E-state index is 12.1. The molecule has 0 saturated carbocycles. The summed E-state index contributed by atoms with van der Waals surface area (Å²) in [6.45, 7) is 5.73. The van der Waals surface area contributed by atoms with Crippen molar-refractivity contribution in [2.45, 2.75) is 32.2 Å². The van der Waals surface area contributed by atoms with Gasteiger partial charge in [0.2, 0.25) is 11.8 Å². The van der Waals surface area contributed by atoms with Gasteiger partial charge in [0.05, 0.1) is 0 Å².